The molecule has 0 aromatic rings. The van der Waals surface area contributed by atoms with Gasteiger partial charge in [0.1, 0.15) is 0 Å². The molecule has 2 nitrogen and oxygen atoms in total. The van der Waals surface area contributed by atoms with Gasteiger partial charge in [-0.15, -0.1) is 0 Å². The van der Waals surface area contributed by atoms with Crippen molar-refractivity contribution in [3.8, 4) is 6.07 Å². The van der Waals surface area contributed by atoms with Gasteiger partial charge in [0, 0.05) is 0 Å². The Kier molecular flexibility index (Phi) is 4.06. The number of aliphatic hydroxyl groups excluding tert-OH is 1. The van der Waals surface area contributed by atoms with Gasteiger partial charge in [0.15, 0.2) is 0 Å². The largest absolute Gasteiger partial charge is 0.392 e. The quantitative estimate of drug-likeness (QED) is 0.648. The van der Waals surface area contributed by atoms with Crippen LogP contribution in [-0.2, 0) is 0 Å². The Labute approximate surface area is 62.5 Å². The molecule has 0 aromatic carbocycles. The SMILES string of the molecule is CC(C)C(C)C(O)CC#N. The van der Waals surface area contributed by atoms with E-state index in [1.54, 1.807) is 0 Å². The Morgan fingerprint density at radius 3 is 2.20 bits per heavy atom. The maximum atomic E-state index is 9.27. The van der Waals surface area contributed by atoms with Crippen LogP contribution in [0.25, 0.3) is 0 Å². The van der Waals surface area contributed by atoms with Crippen molar-refractivity contribution in [3.63, 3.8) is 0 Å². The van der Waals surface area contributed by atoms with Crippen molar-refractivity contribution in [2.24, 2.45) is 11.8 Å². The molecule has 2 unspecified atom stereocenters. The van der Waals surface area contributed by atoms with E-state index in [-0.39, 0.29) is 12.3 Å². The molecule has 0 aliphatic heterocycles. The van der Waals surface area contributed by atoms with Crippen LogP contribution in [-0.4, -0.2) is 11.2 Å². The van der Waals surface area contributed by atoms with Crippen molar-refractivity contribution >= 4 is 0 Å². The highest BCUT2D eigenvalue weighted by molar-refractivity contribution is 4.79. The molecule has 0 bridgehead atoms. The summed E-state index contributed by atoms with van der Waals surface area (Å²) in [6.45, 7) is 6.06. The van der Waals surface area contributed by atoms with Crippen molar-refractivity contribution in [2.45, 2.75) is 33.3 Å². The second-order valence-electron chi connectivity index (χ2n) is 3.03. The minimum absolute atomic E-state index is 0.222. The molecular weight excluding hydrogens is 126 g/mol. The average Bonchev–Trinajstić information content (AvgIpc) is 1.87. The molecule has 0 radical (unpaired) electrons. The molecule has 0 spiro atoms. The van der Waals surface area contributed by atoms with Gasteiger partial charge in [0.2, 0.25) is 0 Å². The van der Waals surface area contributed by atoms with E-state index in [1.807, 2.05) is 26.8 Å². The molecule has 0 aliphatic carbocycles. The highest BCUT2D eigenvalue weighted by Crippen LogP contribution is 2.15. The van der Waals surface area contributed by atoms with Crippen LogP contribution in [0.5, 0.6) is 0 Å². The van der Waals surface area contributed by atoms with Gasteiger partial charge >= 0.3 is 0 Å². The van der Waals surface area contributed by atoms with Crippen LogP contribution < -0.4 is 0 Å². The van der Waals surface area contributed by atoms with Crippen LogP contribution in [0.2, 0.25) is 0 Å². The molecule has 0 saturated carbocycles. The maximum absolute atomic E-state index is 9.27. The van der Waals surface area contributed by atoms with Crippen LogP contribution in [0.1, 0.15) is 27.2 Å². The molecule has 0 saturated heterocycles. The molecule has 0 heterocycles. The lowest BCUT2D eigenvalue weighted by Gasteiger charge is -2.19. The van der Waals surface area contributed by atoms with Crippen LogP contribution >= 0.6 is 0 Å². The van der Waals surface area contributed by atoms with E-state index in [1.165, 1.54) is 0 Å². The van der Waals surface area contributed by atoms with E-state index < -0.39 is 6.10 Å². The lowest BCUT2D eigenvalue weighted by atomic mass is 9.91. The fourth-order valence-corrected chi connectivity index (χ4v) is 0.724. The molecular formula is C8H15NO. The molecule has 0 aromatic heterocycles. The van der Waals surface area contributed by atoms with Gasteiger partial charge in [-0.1, -0.05) is 20.8 Å². The van der Waals surface area contributed by atoms with Gasteiger partial charge < -0.3 is 5.11 Å². The van der Waals surface area contributed by atoms with Crippen LogP contribution in [0.3, 0.4) is 0 Å². The normalized spacial score (nSPS) is 16.4. The Bertz CT molecular complexity index is 126. The predicted octanol–water partition coefficient (Wildman–Crippen LogP) is 1.55. The Balaban J connectivity index is 3.72. The Morgan fingerprint density at radius 2 is 1.90 bits per heavy atom. The minimum atomic E-state index is -0.454. The Morgan fingerprint density at radius 1 is 1.40 bits per heavy atom. The van der Waals surface area contributed by atoms with E-state index in [4.69, 9.17) is 5.26 Å². The summed E-state index contributed by atoms with van der Waals surface area (Å²) in [5.74, 6) is 0.669. The summed E-state index contributed by atoms with van der Waals surface area (Å²) < 4.78 is 0. The first-order valence-corrected chi connectivity index (χ1v) is 3.64. The van der Waals surface area contributed by atoms with E-state index in [2.05, 4.69) is 0 Å². The molecule has 0 aliphatic rings. The third-order valence-corrected chi connectivity index (χ3v) is 1.96. The van der Waals surface area contributed by atoms with Crippen molar-refractivity contribution in [3.05, 3.63) is 0 Å². The molecule has 0 rings (SSSR count). The summed E-state index contributed by atoms with van der Waals surface area (Å²) in [6.07, 6.45) is -0.204. The second-order valence-corrected chi connectivity index (χ2v) is 3.03. The summed E-state index contributed by atoms with van der Waals surface area (Å²) in [5, 5.41) is 17.5. The van der Waals surface area contributed by atoms with Gasteiger partial charge in [-0.25, -0.2) is 0 Å². The molecule has 2 heteroatoms. The number of nitrogens with zero attached hydrogens (tertiary/aromatic N) is 1. The number of hydrogen-bond donors (Lipinski definition) is 1. The fourth-order valence-electron chi connectivity index (χ4n) is 0.724. The number of aliphatic hydroxyl groups is 1. The van der Waals surface area contributed by atoms with Crippen molar-refractivity contribution < 1.29 is 5.11 Å². The third kappa shape index (κ3) is 2.84. The molecule has 2 atom stereocenters. The average molecular weight is 141 g/mol. The summed E-state index contributed by atoms with van der Waals surface area (Å²) in [6, 6.07) is 1.95. The van der Waals surface area contributed by atoms with E-state index in [9.17, 15) is 5.11 Å². The Hall–Kier alpha value is -0.550. The standard InChI is InChI=1S/C8H15NO/c1-6(2)7(3)8(10)4-5-9/h6-8,10H,4H2,1-3H3. The van der Waals surface area contributed by atoms with E-state index in [0.717, 1.165) is 0 Å². The highest BCUT2D eigenvalue weighted by Gasteiger charge is 2.16. The summed E-state index contributed by atoms with van der Waals surface area (Å²) in [7, 11) is 0. The third-order valence-electron chi connectivity index (χ3n) is 1.96. The van der Waals surface area contributed by atoms with Crippen molar-refractivity contribution in [2.75, 3.05) is 0 Å². The summed E-state index contributed by atoms with van der Waals surface area (Å²) >= 11 is 0. The molecule has 58 valence electrons. The smallest absolute Gasteiger partial charge is 0.0698 e. The lowest BCUT2D eigenvalue weighted by molar-refractivity contribution is 0.0961. The summed E-state index contributed by atoms with van der Waals surface area (Å²) in [4.78, 5) is 0. The van der Waals surface area contributed by atoms with Gasteiger partial charge in [0.25, 0.3) is 0 Å². The zero-order valence-corrected chi connectivity index (χ0v) is 6.83. The molecule has 0 fully saturated rings. The molecule has 1 N–H and O–H groups in total. The van der Waals surface area contributed by atoms with Gasteiger partial charge in [-0.05, 0) is 11.8 Å². The van der Waals surface area contributed by atoms with Gasteiger partial charge in [0.05, 0.1) is 18.6 Å². The lowest BCUT2D eigenvalue weighted by Crippen LogP contribution is -2.21. The molecule has 10 heavy (non-hydrogen) atoms. The topological polar surface area (TPSA) is 44.0 Å². The zero-order valence-electron chi connectivity index (χ0n) is 6.83. The minimum Gasteiger partial charge on any atom is -0.392 e. The fraction of sp³-hybridized carbons (Fsp3) is 0.875. The first-order chi connectivity index (χ1) is 4.59. The maximum Gasteiger partial charge on any atom is 0.0698 e. The summed E-state index contributed by atoms with van der Waals surface area (Å²) in [5.41, 5.74) is 0. The number of nitriles is 1. The highest BCUT2D eigenvalue weighted by atomic mass is 16.3. The van der Waals surface area contributed by atoms with Crippen LogP contribution in [0.15, 0.2) is 0 Å². The van der Waals surface area contributed by atoms with Crippen molar-refractivity contribution in [1.29, 1.82) is 5.26 Å². The van der Waals surface area contributed by atoms with Gasteiger partial charge in [-0.2, -0.15) is 5.26 Å². The number of rotatable bonds is 3. The van der Waals surface area contributed by atoms with Crippen molar-refractivity contribution in [1.82, 2.24) is 0 Å². The zero-order chi connectivity index (χ0) is 8.15. The van der Waals surface area contributed by atoms with Gasteiger partial charge in [-0.3, -0.25) is 0 Å². The second kappa shape index (κ2) is 4.29. The van der Waals surface area contributed by atoms with Crippen LogP contribution in [0, 0.1) is 23.2 Å². The molecule has 0 amide bonds. The van der Waals surface area contributed by atoms with E-state index >= 15 is 0 Å². The first kappa shape index (κ1) is 9.45. The van der Waals surface area contributed by atoms with Crippen LogP contribution in [0.4, 0.5) is 0 Å². The predicted molar refractivity (Wildman–Crippen MR) is 40.2 cm³/mol. The first-order valence-electron chi connectivity index (χ1n) is 3.64. The van der Waals surface area contributed by atoms with E-state index in [0.29, 0.717) is 5.92 Å². The monoisotopic (exact) mass is 141 g/mol. The number of hydrogen-bond acceptors (Lipinski definition) is 2.